The fourth-order valence-corrected chi connectivity index (χ4v) is 9.57. The molecular weight excluding hydrogens is 422 g/mol. The summed E-state index contributed by atoms with van der Waals surface area (Å²) >= 11 is 0. The summed E-state index contributed by atoms with van der Waals surface area (Å²) in [4.78, 5) is 0. The predicted octanol–water partition coefficient (Wildman–Crippen LogP) is 9.49. The van der Waals surface area contributed by atoms with Crippen molar-refractivity contribution in [1.82, 2.24) is 0 Å². The zero-order valence-electron chi connectivity index (χ0n) is 24.3. The van der Waals surface area contributed by atoms with E-state index in [1.54, 1.807) is 5.57 Å². The van der Waals surface area contributed by atoms with Crippen LogP contribution in [0.15, 0.2) is 35.5 Å². The van der Waals surface area contributed by atoms with Crippen LogP contribution in [0.1, 0.15) is 119 Å². The first-order valence-electron chi connectivity index (χ1n) is 15.3. The number of allylic oxidation sites excluding steroid dienone is 5. The largest absolute Gasteiger partial charge is 0.327 e. The van der Waals surface area contributed by atoms with Crippen molar-refractivity contribution in [3.05, 3.63) is 35.5 Å². The molecule has 35 heavy (non-hydrogen) atoms. The molecule has 0 amide bonds. The SMILES string of the molecule is C/C=C\[C@@]1(C)CC2CCC3CC4=CCC(CC(C3)C2)C(C4)C(CC(N)[C@H](C)/C(=C/C)CC)C1(C)C. The van der Waals surface area contributed by atoms with Gasteiger partial charge >= 0.3 is 0 Å². The van der Waals surface area contributed by atoms with E-state index in [9.17, 15) is 0 Å². The van der Waals surface area contributed by atoms with Crippen LogP contribution >= 0.6 is 0 Å². The highest BCUT2D eigenvalue weighted by Crippen LogP contribution is 2.60. The van der Waals surface area contributed by atoms with Gasteiger partial charge in [0.05, 0.1) is 0 Å². The molecule has 0 spiro atoms. The minimum atomic E-state index is 0.223. The smallest absolute Gasteiger partial charge is 0.0105 e. The molecule has 0 heterocycles. The number of nitrogens with two attached hydrogens (primary N) is 1. The van der Waals surface area contributed by atoms with Crippen LogP contribution < -0.4 is 5.73 Å². The van der Waals surface area contributed by atoms with Gasteiger partial charge in [0, 0.05) is 6.04 Å². The van der Waals surface area contributed by atoms with Crippen molar-refractivity contribution in [2.24, 2.45) is 58.0 Å². The Labute approximate surface area is 218 Å². The lowest BCUT2D eigenvalue weighted by Crippen LogP contribution is -2.49. The van der Waals surface area contributed by atoms with E-state index in [4.69, 9.17) is 5.73 Å². The molecule has 9 atom stereocenters. The first-order valence-corrected chi connectivity index (χ1v) is 15.3. The molecule has 6 bridgehead atoms. The maximum Gasteiger partial charge on any atom is 0.0105 e. The molecule has 1 heteroatoms. The molecular formula is C34H57N. The molecule has 3 fully saturated rings. The Kier molecular flexibility index (Phi) is 8.47. The van der Waals surface area contributed by atoms with Crippen molar-refractivity contribution < 1.29 is 0 Å². The van der Waals surface area contributed by atoms with Gasteiger partial charge in [-0.2, -0.15) is 0 Å². The number of rotatable bonds is 6. The third kappa shape index (κ3) is 5.42. The maximum absolute atomic E-state index is 7.16. The van der Waals surface area contributed by atoms with E-state index >= 15 is 0 Å². The summed E-state index contributed by atoms with van der Waals surface area (Å²) in [5, 5.41) is 0. The molecule has 5 rings (SSSR count). The molecule has 0 radical (unpaired) electrons. The average molecular weight is 480 g/mol. The van der Waals surface area contributed by atoms with Crippen LogP contribution in [-0.2, 0) is 0 Å². The quantitative estimate of drug-likeness (QED) is 0.377. The van der Waals surface area contributed by atoms with Gasteiger partial charge in [-0.3, -0.25) is 0 Å². The molecule has 3 saturated carbocycles. The van der Waals surface area contributed by atoms with Crippen LogP contribution in [0.4, 0.5) is 0 Å². The van der Waals surface area contributed by atoms with E-state index < -0.39 is 0 Å². The second kappa shape index (κ2) is 10.9. The van der Waals surface area contributed by atoms with Gasteiger partial charge in [-0.05, 0) is 130 Å². The van der Waals surface area contributed by atoms with E-state index in [2.05, 4.69) is 72.8 Å². The van der Waals surface area contributed by atoms with Crippen LogP contribution in [0.3, 0.4) is 0 Å². The maximum atomic E-state index is 7.16. The predicted molar refractivity (Wildman–Crippen MR) is 153 cm³/mol. The molecule has 5 aliphatic carbocycles. The van der Waals surface area contributed by atoms with E-state index in [0.29, 0.717) is 11.8 Å². The van der Waals surface area contributed by atoms with Gasteiger partial charge < -0.3 is 5.73 Å². The lowest BCUT2D eigenvalue weighted by atomic mass is 9.49. The first-order chi connectivity index (χ1) is 16.6. The fraction of sp³-hybridized carbons (Fsp3) is 0.824. The Morgan fingerprint density at radius 1 is 1.06 bits per heavy atom. The monoisotopic (exact) mass is 479 g/mol. The van der Waals surface area contributed by atoms with Crippen molar-refractivity contribution in [2.45, 2.75) is 125 Å². The molecule has 198 valence electrons. The highest BCUT2D eigenvalue weighted by atomic mass is 14.7. The number of fused-ring (bicyclic) bond motifs is 2. The van der Waals surface area contributed by atoms with Crippen molar-refractivity contribution in [1.29, 1.82) is 0 Å². The minimum Gasteiger partial charge on any atom is -0.327 e. The van der Waals surface area contributed by atoms with Gasteiger partial charge in [0.2, 0.25) is 0 Å². The van der Waals surface area contributed by atoms with Crippen LogP contribution in [0.2, 0.25) is 0 Å². The molecule has 5 aliphatic rings. The standard InChI is InChI=1S/C34H57N/c1-8-15-34(7)22-26-12-11-24-16-25-13-14-29(19-27(17-24)18-26)30(20-25)31(33(34,5)6)21-32(35)23(4)28(9-2)10-3/h8-9,13,15,23-24,26-27,29-32H,10-12,14,16-22,35H2,1-7H3/b15-8-,28-9+/t23-,24?,26?,27?,29?,30?,31?,32?,34+/m1/s1. The second-order valence-electron chi connectivity index (χ2n) is 14.2. The van der Waals surface area contributed by atoms with Crippen molar-refractivity contribution in [2.75, 3.05) is 0 Å². The Bertz CT molecular complexity index is 814. The summed E-state index contributed by atoms with van der Waals surface area (Å²) in [6.45, 7) is 17.1. The lowest BCUT2D eigenvalue weighted by Gasteiger charge is -2.55. The molecule has 0 aromatic rings. The van der Waals surface area contributed by atoms with E-state index in [1.165, 1.54) is 64.2 Å². The third-order valence-corrected chi connectivity index (χ3v) is 12.0. The van der Waals surface area contributed by atoms with Gasteiger partial charge in [-0.15, -0.1) is 0 Å². The molecule has 0 saturated heterocycles. The van der Waals surface area contributed by atoms with E-state index in [1.807, 2.05) is 5.57 Å². The topological polar surface area (TPSA) is 26.0 Å². The number of hydrogen-bond donors (Lipinski definition) is 1. The number of hydrogen-bond acceptors (Lipinski definition) is 1. The van der Waals surface area contributed by atoms with Crippen molar-refractivity contribution in [3.8, 4) is 0 Å². The van der Waals surface area contributed by atoms with Crippen molar-refractivity contribution in [3.63, 3.8) is 0 Å². The summed E-state index contributed by atoms with van der Waals surface area (Å²) in [6.07, 6.45) is 25.2. The average Bonchev–Trinajstić information content (AvgIpc) is 2.89. The molecule has 0 aromatic heterocycles. The highest BCUT2D eigenvalue weighted by Gasteiger charge is 2.52. The molecule has 0 aliphatic heterocycles. The van der Waals surface area contributed by atoms with E-state index in [-0.39, 0.29) is 16.9 Å². The van der Waals surface area contributed by atoms with Crippen LogP contribution in [-0.4, -0.2) is 6.04 Å². The van der Waals surface area contributed by atoms with Crippen LogP contribution in [0, 0.1) is 52.3 Å². The fourth-order valence-electron chi connectivity index (χ4n) is 9.57. The molecule has 0 aromatic carbocycles. The molecule has 1 nitrogen and oxygen atoms in total. The summed E-state index contributed by atoms with van der Waals surface area (Å²) in [5.41, 5.74) is 11.0. The Balaban J connectivity index is 1.80. The summed E-state index contributed by atoms with van der Waals surface area (Å²) in [7, 11) is 0. The molecule has 7 unspecified atom stereocenters. The Morgan fingerprint density at radius 2 is 1.77 bits per heavy atom. The first kappa shape index (κ1) is 27.2. The third-order valence-electron chi connectivity index (χ3n) is 12.0. The van der Waals surface area contributed by atoms with E-state index in [0.717, 1.165) is 36.0 Å². The summed E-state index contributed by atoms with van der Waals surface area (Å²) < 4.78 is 0. The van der Waals surface area contributed by atoms with Crippen LogP contribution in [0.5, 0.6) is 0 Å². The van der Waals surface area contributed by atoms with Crippen LogP contribution in [0.25, 0.3) is 0 Å². The normalized spacial score (nSPS) is 41.3. The summed E-state index contributed by atoms with van der Waals surface area (Å²) in [5.74, 6) is 5.56. The van der Waals surface area contributed by atoms with Gasteiger partial charge in [-0.1, -0.05) is 76.5 Å². The molecule has 2 N–H and O–H groups in total. The lowest BCUT2D eigenvalue weighted by molar-refractivity contribution is -0.0303. The van der Waals surface area contributed by atoms with Gasteiger partial charge in [0.15, 0.2) is 0 Å². The minimum absolute atomic E-state index is 0.223. The van der Waals surface area contributed by atoms with Gasteiger partial charge in [0.1, 0.15) is 0 Å². The van der Waals surface area contributed by atoms with Gasteiger partial charge in [0.25, 0.3) is 0 Å². The Morgan fingerprint density at radius 3 is 2.46 bits per heavy atom. The second-order valence-corrected chi connectivity index (χ2v) is 14.2. The van der Waals surface area contributed by atoms with Crippen molar-refractivity contribution >= 4 is 0 Å². The van der Waals surface area contributed by atoms with Gasteiger partial charge in [-0.25, -0.2) is 0 Å². The Hall–Kier alpha value is -0.820. The highest BCUT2D eigenvalue weighted by molar-refractivity contribution is 5.17. The zero-order chi connectivity index (χ0) is 25.4. The summed E-state index contributed by atoms with van der Waals surface area (Å²) in [6, 6.07) is 0.246. The zero-order valence-corrected chi connectivity index (χ0v) is 24.3.